The first-order valence-electron chi connectivity index (χ1n) is 14.0. The van der Waals surface area contributed by atoms with E-state index in [9.17, 15) is 76.6 Å². The largest absolute Gasteiger partial charge is 0.394 e. The van der Waals surface area contributed by atoms with Gasteiger partial charge in [0.1, 0.15) is 98.2 Å². The van der Waals surface area contributed by atoms with Gasteiger partial charge in [0.2, 0.25) is 5.79 Å². The molecule has 0 radical (unpaired) electrons. The van der Waals surface area contributed by atoms with Gasteiger partial charge in [0.25, 0.3) is 0 Å². The van der Waals surface area contributed by atoms with E-state index >= 15 is 0 Å². The third-order valence-electron chi connectivity index (χ3n) is 7.91. The van der Waals surface area contributed by atoms with Crippen molar-refractivity contribution in [1.29, 1.82) is 0 Å². The van der Waals surface area contributed by atoms with Gasteiger partial charge in [-0.25, -0.2) is 0 Å². The molecule has 15 N–H and O–H groups in total. The van der Waals surface area contributed by atoms with Crippen molar-refractivity contribution in [2.24, 2.45) is 0 Å². The summed E-state index contributed by atoms with van der Waals surface area (Å²) in [4.78, 5) is 0. The summed E-state index contributed by atoms with van der Waals surface area (Å²) >= 11 is 0. The molecular weight excluding hydrogens is 624 g/mol. The molecule has 0 saturated carbocycles. The van der Waals surface area contributed by atoms with Crippen LogP contribution in [0.5, 0.6) is 0 Å². The van der Waals surface area contributed by atoms with Gasteiger partial charge in [0.05, 0.1) is 33.0 Å². The van der Waals surface area contributed by atoms with E-state index in [-0.39, 0.29) is 0 Å². The molecule has 45 heavy (non-hydrogen) atoms. The summed E-state index contributed by atoms with van der Waals surface area (Å²) in [5.74, 6) is -2.64. The summed E-state index contributed by atoms with van der Waals surface area (Å²) < 4.78 is 31.7. The second-order valence-corrected chi connectivity index (χ2v) is 11.0. The first kappa shape index (κ1) is 38.6. The molecule has 0 aromatic carbocycles. The number of rotatable bonds is 15. The van der Waals surface area contributed by atoms with Gasteiger partial charge in [-0.3, -0.25) is 0 Å². The van der Waals surface area contributed by atoms with Crippen LogP contribution in [0.15, 0.2) is 0 Å². The van der Waals surface area contributed by atoms with Gasteiger partial charge in [0, 0.05) is 0 Å². The molecule has 266 valence electrons. The second kappa shape index (κ2) is 16.5. The molecule has 3 saturated heterocycles. The first-order chi connectivity index (χ1) is 21.2. The zero-order valence-corrected chi connectivity index (χ0v) is 23.7. The lowest BCUT2D eigenvalue weighted by Gasteiger charge is -2.41. The van der Waals surface area contributed by atoms with Crippen molar-refractivity contribution in [2.45, 2.75) is 110 Å². The Morgan fingerprint density at radius 1 is 0.600 bits per heavy atom. The molecule has 3 fully saturated rings. The van der Waals surface area contributed by atoms with Crippen molar-refractivity contribution < 1.29 is 105 Å². The number of hydrogen-bond acceptors (Lipinski definition) is 21. The summed E-state index contributed by atoms with van der Waals surface area (Å²) in [6.07, 6.45) is -30.7. The molecule has 3 rings (SSSR count). The van der Waals surface area contributed by atoms with Gasteiger partial charge in [-0.15, -0.1) is 0 Å². The molecule has 3 heterocycles. The molecule has 0 spiro atoms. The molecule has 0 aliphatic carbocycles. The van der Waals surface area contributed by atoms with Crippen molar-refractivity contribution in [3.63, 3.8) is 0 Å². The maximum absolute atomic E-state index is 10.8. The minimum Gasteiger partial charge on any atom is -0.394 e. The van der Waals surface area contributed by atoms with Crippen LogP contribution < -0.4 is 0 Å². The molecule has 0 amide bonds. The van der Waals surface area contributed by atoms with Crippen molar-refractivity contribution in [1.82, 2.24) is 0 Å². The van der Waals surface area contributed by atoms with E-state index in [1.54, 1.807) is 0 Å². The van der Waals surface area contributed by atoms with Crippen LogP contribution in [0.25, 0.3) is 0 Å². The topological polar surface area (TPSA) is 359 Å². The van der Waals surface area contributed by atoms with Gasteiger partial charge in [-0.05, 0) is 0 Å². The highest BCUT2D eigenvalue weighted by molar-refractivity contribution is 4.99. The predicted molar refractivity (Wildman–Crippen MR) is 136 cm³/mol. The van der Waals surface area contributed by atoms with E-state index < -0.39 is 150 Å². The fourth-order valence-electron chi connectivity index (χ4n) is 5.08. The van der Waals surface area contributed by atoms with Gasteiger partial charge >= 0.3 is 0 Å². The molecule has 3 aliphatic heterocycles. The van der Waals surface area contributed by atoms with Crippen LogP contribution in [0, 0.1) is 0 Å². The number of hydrogen-bond donors (Lipinski definition) is 15. The molecule has 0 aromatic heterocycles. The summed E-state index contributed by atoms with van der Waals surface area (Å²) in [6.45, 7) is -5.52. The fraction of sp³-hybridized carbons (Fsp3) is 1.00. The Labute approximate surface area is 255 Å². The van der Waals surface area contributed by atoms with E-state index in [4.69, 9.17) is 28.4 Å². The highest BCUT2D eigenvalue weighted by Gasteiger charge is 2.58. The molecule has 18 atom stereocenters. The van der Waals surface area contributed by atoms with Gasteiger partial charge in [-0.1, -0.05) is 0 Å². The minimum absolute atomic E-state index is 0.725. The lowest BCUT2D eigenvalue weighted by atomic mass is 9.99. The molecule has 3 aliphatic rings. The van der Waals surface area contributed by atoms with Gasteiger partial charge in [0.15, 0.2) is 12.6 Å². The Balaban J connectivity index is 1.68. The molecule has 6 unspecified atom stereocenters. The monoisotopic (exact) mass is 668 g/mol. The third kappa shape index (κ3) is 8.25. The van der Waals surface area contributed by atoms with Crippen LogP contribution in [0.1, 0.15) is 0 Å². The van der Waals surface area contributed by atoms with Crippen LogP contribution in [0.3, 0.4) is 0 Å². The van der Waals surface area contributed by atoms with E-state index in [1.165, 1.54) is 0 Å². The van der Waals surface area contributed by atoms with Gasteiger partial charge < -0.3 is 105 Å². The third-order valence-corrected chi connectivity index (χ3v) is 7.91. The Bertz CT molecular complexity index is 884. The van der Waals surface area contributed by atoms with Crippen molar-refractivity contribution in [2.75, 3.05) is 39.6 Å². The number of aliphatic hydroxyl groups excluding tert-OH is 15. The molecule has 0 bridgehead atoms. The molecule has 21 nitrogen and oxygen atoms in total. The predicted octanol–water partition coefficient (Wildman–Crippen LogP) is -10.1. The van der Waals surface area contributed by atoms with Crippen LogP contribution in [0.2, 0.25) is 0 Å². The zero-order chi connectivity index (χ0) is 33.8. The number of aliphatic hydroxyl groups is 15. The van der Waals surface area contributed by atoms with Crippen molar-refractivity contribution in [3.8, 4) is 0 Å². The van der Waals surface area contributed by atoms with E-state index in [0.29, 0.717) is 0 Å². The maximum Gasteiger partial charge on any atom is 0.222 e. The quantitative estimate of drug-likeness (QED) is 0.0770. The van der Waals surface area contributed by atoms with E-state index in [1.807, 2.05) is 0 Å². The summed E-state index contributed by atoms with van der Waals surface area (Å²) in [6, 6.07) is 0. The maximum atomic E-state index is 10.8. The average Bonchev–Trinajstić information content (AvgIpc) is 3.28. The Morgan fingerprint density at radius 3 is 1.58 bits per heavy atom. The SMILES string of the molecule is OCC1O[C@H](OC[C@@H](O)[C@@H](O)[C@H](O[C@@]2(CO)O[C@H](CO[C@@H]3OC(CO)[C@H](O)[C@H](O)C3O)[C@H](O)C2O)C(O)CO)[C@H](O)C(O)[C@@H]1O. The smallest absolute Gasteiger partial charge is 0.222 e. The van der Waals surface area contributed by atoms with Crippen LogP contribution in [-0.4, -0.2) is 226 Å². The lowest BCUT2D eigenvalue weighted by Crippen LogP contribution is -2.60. The lowest BCUT2D eigenvalue weighted by molar-refractivity contribution is -0.333. The zero-order valence-electron chi connectivity index (χ0n) is 23.7. The Kier molecular flexibility index (Phi) is 14.2. The normalized spacial score (nSPS) is 45.3. The van der Waals surface area contributed by atoms with Gasteiger partial charge in [-0.2, -0.15) is 0 Å². The summed E-state index contributed by atoms with van der Waals surface area (Å²) in [5.41, 5.74) is 0. The molecule has 21 heteroatoms. The van der Waals surface area contributed by atoms with Crippen LogP contribution >= 0.6 is 0 Å². The van der Waals surface area contributed by atoms with E-state index in [0.717, 1.165) is 0 Å². The Morgan fingerprint density at radius 2 is 1.11 bits per heavy atom. The summed E-state index contributed by atoms with van der Waals surface area (Å²) in [5, 5.41) is 151. The summed E-state index contributed by atoms with van der Waals surface area (Å²) in [7, 11) is 0. The molecule has 0 aromatic rings. The average molecular weight is 669 g/mol. The van der Waals surface area contributed by atoms with Crippen LogP contribution in [0.4, 0.5) is 0 Å². The van der Waals surface area contributed by atoms with E-state index in [2.05, 4.69) is 0 Å². The minimum atomic E-state index is -2.64. The second-order valence-electron chi connectivity index (χ2n) is 11.0. The van der Waals surface area contributed by atoms with Crippen LogP contribution in [-0.2, 0) is 28.4 Å². The Hall–Kier alpha value is -0.840. The van der Waals surface area contributed by atoms with Crippen molar-refractivity contribution >= 4 is 0 Å². The standard InChI is InChI=1S/C24H44O21/c25-1-7(29)20(12(31)8(30)4-40-22-18(37)16(35)13(32)9(2-26)42-22)45-24(6-28)21(39)15(34)11(44-24)5-41-23-19(38)17(36)14(33)10(3-27)43-23/h7-23,25-39H,1-6H2/t7?,8-,9?,10?,11-,12-,13-,14+,15+,16?,17+,18-,19?,20-,21?,22+,23-,24-/m1/s1. The highest BCUT2D eigenvalue weighted by atomic mass is 16.8. The number of ether oxygens (including phenoxy) is 6. The first-order valence-corrected chi connectivity index (χ1v) is 14.0. The van der Waals surface area contributed by atoms with Crippen molar-refractivity contribution in [3.05, 3.63) is 0 Å². The fourth-order valence-corrected chi connectivity index (χ4v) is 5.08. The highest BCUT2D eigenvalue weighted by Crippen LogP contribution is 2.36. The molecular formula is C24H44O21.